The molecule has 1 unspecified atom stereocenters. The Bertz CT molecular complexity index is 247. The summed E-state index contributed by atoms with van der Waals surface area (Å²) in [6.45, 7) is 0.667. The summed E-state index contributed by atoms with van der Waals surface area (Å²) >= 11 is 5.17. The van der Waals surface area contributed by atoms with Crippen molar-refractivity contribution >= 4 is 27.3 Å². The molecular weight excluding hydrogens is 236 g/mol. The lowest BCUT2D eigenvalue weighted by atomic mass is 10.2. The second-order valence-electron chi connectivity index (χ2n) is 2.88. The van der Waals surface area contributed by atoms with Crippen LogP contribution in [0.25, 0.3) is 0 Å². The average Bonchev–Trinajstić information content (AvgIpc) is 2.37. The Hall–Kier alpha value is 0.1000. The van der Waals surface area contributed by atoms with Crippen LogP contribution in [0.3, 0.4) is 0 Å². The van der Waals surface area contributed by atoms with Gasteiger partial charge in [0.1, 0.15) is 0 Å². The van der Waals surface area contributed by atoms with Crippen LogP contribution in [0.15, 0.2) is 15.9 Å². The van der Waals surface area contributed by atoms with Crippen LogP contribution in [-0.4, -0.2) is 25.5 Å². The highest BCUT2D eigenvalue weighted by atomic mass is 79.9. The van der Waals surface area contributed by atoms with Crippen LogP contribution in [0.5, 0.6) is 0 Å². The predicted molar refractivity (Wildman–Crippen MR) is 57.5 cm³/mol. The lowest BCUT2D eigenvalue weighted by molar-refractivity contribution is 0.310. The molecule has 0 radical (unpaired) electrons. The molecule has 1 rings (SSSR count). The van der Waals surface area contributed by atoms with Crippen LogP contribution in [0.4, 0.5) is 0 Å². The molecule has 68 valence electrons. The van der Waals surface area contributed by atoms with Gasteiger partial charge in [0.25, 0.3) is 0 Å². The van der Waals surface area contributed by atoms with Gasteiger partial charge in [-0.3, -0.25) is 0 Å². The summed E-state index contributed by atoms with van der Waals surface area (Å²) in [5.41, 5.74) is 5.66. The van der Waals surface area contributed by atoms with Gasteiger partial charge in [0.05, 0.1) is 6.04 Å². The fourth-order valence-electron chi connectivity index (χ4n) is 1.08. The van der Waals surface area contributed by atoms with Crippen LogP contribution in [0, 0.1) is 0 Å². The van der Waals surface area contributed by atoms with Crippen LogP contribution in [-0.2, 0) is 0 Å². The summed E-state index contributed by atoms with van der Waals surface area (Å²) in [5.74, 6) is 0. The third-order valence-electron chi connectivity index (χ3n) is 1.76. The van der Waals surface area contributed by atoms with Crippen molar-refractivity contribution < 1.29 is 0 Å². The molecule has 1 atom stereocenters. The van der Waals surface area contributed by atoms with E-state index in [1.807, 2.05) is 14.1 Å². The van der Waals surface area contributed by atoms with Gasteiger partial charge >= 0.3 is 0 Å². The Morgan fingerprint density at radius 2 is 2.33 bits per heavy atom. The number of nitrogens with zero attached hydrogens (tertiary/aromatic N) is 1. The SMILES string of the molecule is CN(C)C(CN)c1cc(Br)cs1. The van der Waals surface area contributed by atoms with Crippen LogP contribution in [0.1, 0.15) is 10.9 Å². The van der Waals surface area contributed by atoms with Gasteiger partial charge in [0.15, 0.2) is 0 Å². The van der Waals surface area contributed by atoms with E-state index in [1.54, 1.807) is 11.3 Å². The Morgan fingerprint density at radius 3 is 2.67 bits per heavy atom. The fourth-order valence-corrected chi connectivity index (χ4v) is 2.74. The third kappa shape index (κ3) is 2.29. The third-order valence-corrected chi connectivity index (χ3v) is 3.56. The largest absolute Gasteiger partial charge is 0.329 e. The molecule has 2 nitrogen and oxygen atoms in total. The Morgan fingerprint density at radius 1 is 1.67 bits per heavy atom. The number of nitrogens with two attached hydrogens (primary N) is 1. The van der Waals surface area contributed by atoms with Crippen molar-refractivity contribution in [1.29, 1.82) is 0 Å². The summed E-state index contributed by atoms with van der Waals surface area (Å²) in [7, 11) is 4.09. The maximum Gasteiger partial charge on any atom is 0.0559 e. The van der Waals surface area contributed by atoms with E-state index < -0.39 is 0 Å². The van der Waals surface area contributed by atoms with Crippen molar-refractivity contribution in [3.8, 4) is 0 Å². The standard InChI is InChI=1S/C8H13BrN2S/c1-11(2)7(4-10)8-3-6(9)5-12-8/h3,5,7H,4,10H2,1-2H3. The lowest BCUT2D eigenvalue weighted by Crippen LogP contribution is -2.26. The van der Waals surface area contributed by atoms with Crippen LogP contribution in [0.2, 0.25) is 0 Å². The zero-order chi connectivity index (χ0) is 9.14. The van der Waals surface area contributed by atoms with Crippen LogP contribution < -0.4 is 5.73 Å². The fraction of sp³-hybridized carbons (Fsp3) is 0.500. The predicted octanol–water partition coefficient (Wildman–Crippen LogP) is 2.07. The molecule has 1 heterocycles. The normalized spacial score (nSPS) is 13.8. The molecule has 0 saturated carbocycles. The van der Waals surface area contributed by atoms with Gasteiger partial charge in [0.2, 0.25) is 0 Å². The molecule has 0 amide bonds. The lowest BCUT2D eigenvalue weighted by Gasteiger charge is -2.20. The second-order valence-corrected chi connectivity index (χ2v) is 4.74. The highest BCUT2D eigenvalue weighted by molar-refractivity contribution is 9.10. The first kappa shape index (κ1) is 10.2. The van der Waals surface area contributed by atoms with E-state index in [4.69, 9.17) is 5.73 Å². The summed E-state index contributed by atoms with van der Waals surface area (Å²) in [6, 6.07) is 2.48. The zero-order valence-corrected chi connectivity index (χ0v) is 9.65. The number of likely N-dealkylation sites (N-methyl/N-ethyl adjacent to an activating group) is 1. The minimum atomic E-state index is 0.348. The summed E-state index contributed by atoms with van der Waals surface area (Å²) in [5, 5.41) is 2.08. The first-order valence-electron chi connectivity index (χ1n) is 3.75. The highest BCUT2D eigenvalue weighted by Gasteiger charge is 2.13. The Labute approximate surface area is 85.5 Å². The van der Waals surface area contributed by atoms with Gasteiger partial charge in [-0.25, -0.2) is 0 Å². The molecule has 1 aromatic heterocycles. The molecule has 12 heavy (non-hydrogen) atoms. The van der Waals surface area contributed by atoms with E-state index in [-0.39, 0.29) is 0 Å². The highest BCUT2D eigenvalue weighted by Crippen LogP contribution is 2.27. The maximum atomic E-state index is 5.66. The van der Waals surface area contributed by atoms with E-state index in [2.05, 4.69) is 32.3 Å². The van der Waals surface area contributed by atoms with Crippen molar-refractivity contribution in [2.45, 2.75) is 6.04 Å². The number of halogens is 1. The van der Waals surface area contributed by atoms with Crippen LogP contribution >= 0.6 is 27.3 Å². The summed E-state index contributed by atoms with van der Waals surface area (Å²) in [4.78, 5) is 3.45. The molecule has 0 fully saturated rings. The molecular formula is C8H13BrN2S. The number of thiophene rings is 1. The van der Waals surface area contributed by atoms with Gasteiger partial charge in [-0.2, -0.15) is 0 Å². The summed E-state index contributed by atoms with van der Waals surface area (Å²) < 4.78 is 1.14. The van der Waals surface area contributed by atoms with E-state index in [9.17, 15) is 0 Å². The molecule has 0 spiro atoms. The first-order valence-corrected chi connectivity index (χ1v) is 5.43. The maximum absolute atomic E-state index is 5.66. The zero-order valence-electron chi connectivity index (χ0n) is 7.25. The molecule has 1 aromatic rings. The van der Waals surface area contributed by atoms with Gasteiger partial charge in [0, 0.05) is 21.3 Å². The molecule has 0 bridgehead atoms. The monoisotopic (exact) mass is 248 g/mol. The second kappa shape index (κ2) is 4.37. The average molecular weight is 249 g/mol. The molecule has 2 N–H and O–H groups in total. The van der Waals surface area contributed by atoms with Gasteiger partial charge in [-0.05, 0) is 36.1 Å². The minimum absolute atomic E-state index is 0.348. The Kier molecular flexibility index (Phi) is 3.71. The van der Waals surface area contributed by atoms with Gasteiger partial charge < -0.3 is 10.6 Å². The van der Waals surface area contributed by atoms with E-state index in [1.165, 1.54) is 4.88 Å². The Balaban J connectivity index is 2.80. The minimum Gasteiger partial charge on any atom is -0.329 e. The molecule has 0 saturated heterocycles. The topological polar surface area (TPSA) is 29.3 Å². The van der Waals surface area contributed by atoms with Crippen molar-refractivity contribution in [1.82, 2.24) is 4.90 Å². The molecule has 4 heteroatoms. The number of hydrogen-bond donors (Lipinski definition) is 1. The van der Waals surface area contributed by atoms with Crippen molar-refractivity contribution in [3.05, 3.63) is 20.8 Å². The molecule has 0 aliphatic carbocycles. The molecule has 0 aliphatic rings. The van der Waals surface area contributed by atoms with E-state index >= 15 is 0 Å². The smallest absolute Gasteiger partial charge is 0.0559 e. The van der Waals surface area contributed by atoms with Crippen molar-refractivity contribution in [2.75, 3.05) is 20.6 Å². The van der Waals surface area contributed by atoms with Gasteiger partial charge in [-0.15, -0.1) is 11.3 Å². The molecule has 0 aliphatic heterocycles. The van der Waals surface area contributed by atoms with E-state index in [0.717, 1.165) is 4.47 Å². The first-order chi connectivity index (χ1) is 5.65. The quantitative estimate of drug-likeness (QED) is 0.888. The number of hydrogen-bond acceptors (Lipinski definition) is 3. The van der Waals surface area contributed by atoms with Crippen molar-refractivity contribution in [3.63, 3.8) is 0 Å². The molecule has 0 aromatic carbocycles. The summed E-state index contributed by atoms with van der Waals surface area (Å²) in [6.07, 6.45) is 0. The number of rotatable bonds is 3. The van der Waals surface area contributed by atoms with E-state index in [0.29, 0.717) is 12.6 Å². The van der Waals surface area contributed by atoms with Crippen molar-refractivity contribution in [2.24, 2.45) is 5.73 Å². The van der Waals surface area contributed by atoms with Gasteiger partial charge in [-0.1, -0.05) is 0 Å².